The van der Waals surface area contributed by atoms with Gasteiger partial charge in [0.05, 0.1) is 13.7 Å². The van der Waals surface area contributed by atoms with Crippen LogP contribution in [0.4, 0.5) is 0 Å². The van der Waals surface area contributed by atoms with Gasteiger partial charge in [-0.1, -0.05) is 78.0 Å². The van der Waals surface area contributed by atoms with E-state index < -0.39 is 0 Å². The molecule has 0 fully saturated rings. The van der Waals surface area contributed by atoms with Crippen LogP contribution in [0.15, 0.2) is 84.9 Å². The molecule has 0 atom stereocenters. The molecule has 0 radical (unpaired) electrons. The molecule has 1 aromatic heterocycles. The third-order valence-corrected chi connectivity index (χ3v) is 4.32. The van der Waals surface area contributed by atoms with E-state index in [4.69, 9.17) is 4.74 Å². The zero-order valence-electron chi connectivity index (χ0n) is 14.5. The van der Waals surface area contributed by atoms with E-state index in [0.29, 0.717) is 6.54 Å². The Hall–Kier alpha value is -3.40. The summed E-state index contributed by atoms with van der Waals surface area (Å²) in [5.41, 5.74) is 5.00. The standard InChI is InChI=1S/C22H19N3O/c1-26-20-15-9-8-14-19(20)22-21(18-12-6-3-7-13-18)23-24-25(22)16-17-10-4-2-5-11-17/h2-15H,16H2,1H3. The third-order valence-electron chi connectivity index (χ3n) is 4.32. The first-order chi connectivity index (χ1) is 12.9. The molecular weight excluding hydrogens is 322 g/mol. The van der Waals surface area contributed by atoms with Crippen molar-refractivity contribution in [3.05, 3.63) is 90.5 Å². The van der Waals surface area contributed by atoms with Crippen LogP contribution < -0.4 is 4.74 Å². The van der Waals surface area contributed by atoms with E-state index in [1.165, 1.54) is 5.56 Å². The Labute approximate surface area is 152 Å². The average Bonchev–Trinajstić information content (AvgIpc) is 3.12. The molecule has 128 valence electrons. The maximum absolute atomic E-state index is 5.60. The quantitative estimate of drug-likeness (QED) is 0.530. The molecule has 1 heterocycles. The fourth-order valence-electron chi connectivity index (χ4n) is 3.08. The molecule has 26 heavy (non-hydrogen) atoms. The van der Waals surface area contributed by atoms with E-state index in [2.05, 4.69) is 34.6 Å². The highest BCUT2D eigenvalue weighted by atomic mass is 16.5. The molecule has 0 aliphatic carbocycles. The number of ether oxygens (including phenoxy) is 1. The summed E-state index contributed by atoms with van der Waals surface area (Å²) < 4.78 is 7.54. The van der Waals surface area contributed by atoms with E-state index >= 15 is 0 Å². The van der Waals surface area contributed by atoms with Crippen molar-refractivity contribution in [1.29, 1.82) is 0 Å². The maximum atomic E-state index is 5.60. The van der Waals surface area contributed by atoms with Gasteiger partial charge in [-0.3, -0.25) is 0 Å². The van der Waals surface area contributed by atoms with Crippen molar-refractivity contribution < 1.29 is 4.74 Å². The lowest BCUT2D eigenvalue weighted by Gasteiger charge is -2.12. The average molecular weight is 341 g/mol. The van der Waals surface area contributed by atoms with Gasteiger partial charge in [0.1, 0.15) is 17.1 Å². The zero-order chi connectivity index (χ0) is 17.8. The van der Waals surface area contributed by atoms with Crippen LogP contribution in [0.2, 0.25) is 0 Å². The second-order valence-electron chi connectivity index (χ2n) is 6.00. The Morgan fingerprint density at radius 2 is 1.46 bits per heavy atom. The second-order valence-corrected chi connectivity index (χ2v) is 6.00. The number of hydrogen-bond acceptors (Lipinski definition) is 3. The minimum atomic E-state index is 0.647. The predicted octanol–water partition coefficient (Wildman–Crippen LogP) is 4.67. The van der Waals surface area contributed by atoms with Crippen molar-refractivity contribution in [3.63, 3.8) is 0 Å². The van der Waals surface area contributed by atoms with E-state index in [0.717, 1.165) is 28.3 Å². The molecular formula is C22H19N3O. The SMILES string of the molecule is COc1ccccc1-c1c(-c2ccccc2)nnn1Cc1ccccc1. The van der Waals surface area contributed by atoms with Gasteiger partial charge in [-0.05, 0) is 17.7 Å². The first kappa shape index (κ1) is 16.1. The smallest absolute Gasteiger partial charge is 0.128 e. The molecule has 0 bridgehead atoms. The lowest BCUT2D eigenvalue weighted by atomic mass is 10.0. The highest BCUT2D eigenvalue weighted by Crippen LogP contribution is 2.36. The summed E-state index contributed by atoms with van der Waals surface area (Å²) in [7, 11) is 1.69. The Morgan fingerprint density at radius 1 is 0.808 bits per heavy atom. The molecule has 0 aliphatic heterocycles. The van der Waals surface area contributed by atoms with Gasteiger partial charge in [0, 0.05) is 11.1 Å². The van der Waals surface area contributed by atoms with Crippen LogP contribution in [0, 0.1) is 0 Å². The molecule has 0 saturated heterocycles. The van der Waals surface area contributed by atoms with Crippen LogP contribution in [-0.2, 0) is 6.54 Å². The fourth-order valence-corrected chi connectivity index (χ4v) is 3.08. The number of methoxy groups -OCH3 is 1. The molecule has 4 aromatic rings. The monoisotopic (exact) mass is 341 g/mol. The van der Waals surface area contributed by atoms with Crippen LogP contribution in [0.3, 0.4) is 0 Å². The molecule has 0 spiro atoms. The van der Waals surface area contributed by atoms with Crippen molar-refractivity contribution in [2.45, 2.75) is 6.54 Å². The van der Waals surface area contributed by atoms with Crippen molar-refractivity contribution >= 4 is 0 Å². The van der Waals surface area contributed by atoms with Gasteiger partial charge in [-0.15, -0.1) is 5.10 Å². The molecule has 3 aromatic carbocycles. The molecule has 0 N–H and O–H groups in total. The Morgan fingerprint density at radius 3 is 2.19 bits per heavy atom. The zero-order valence-corrected chi connectivity index (χ0v) is 14.5. The minimum Gasteiger partial charge on any atom is -0.496 e. The van der Waals surface area contributed by atoms with Crippen molar-refractivity contribution in [1.82, 2.24) is 15.0 Å². The first-order valence-electron chi connectivity index (χ1n) is 8.53. The highest BCUT2D eigenvalue weighted by molar-refractivity contribution is 5.81. The molecule has 0 aliphatic rings. The van der Waals surface area contributed by atoms with Gasteiger partial charge in [0.2, 0.25) is 0 Å². The number of nitrogens with zero attached hydrogens (tertiary/aromatic N) is 3. The summed E-state index contributed by atoms with van der Waals surface area (Å²) >= 11 is 0. The Kier molecular flexibility index (Phi) is 4.48. The van der Waals surface area contributed by atoms with E-state index in [1.807, 2.05) is 65.3 Å². The first-order valence-corrected chi connectivity index (χ1v) is 8.53. The van der Waals surface area contributed by atoms with Crippen molar-refractivity contribution in [3.8, 4) is 28.3 Å². The van der Waals surface area contributed by atoms with Crippen LogP contribution in [0.25, 0.3) is 22.5 Å². The van der Waals surface area contributed by atoms with E-state index in [9.17, 15) is 0 Å². The number of hydrogen-bond donors (Lipinski definition) is 0. The Balaban J connectivity index is 1.89. The van der Waals surface area contributed by atoms with Gasteiger partial charge in [0.15, 0.2) is 0 Å². The lowest BCUT2D eigenvalue weighted by Crippen LogP contribution is -2.05. The molecule has 0 amide bonds. The van der Waals surface area contributed by atoms with Crippen LogP contribution in [-0.4, -0.2) is 22.1 Å². The summed E-state index contributed by atoms with van der Waals surface area (Å²) in [6, 6.07) is 28.4. The number of benzene rings is 3. The van der Waals surface area contributed by atoms with Gasteiger partial charge in [-0.2, -0.15) is 0 Å². The number of aromatic nitrogens is 3. The highest BCUT2D eigenvalue weighted by Gasteiger charge is 2.19. The minimum absolute atomic E-state index is 0.647. The fraction of sp³-hybridized carbons (Fsp3) is 0.0909. The van der Waals surface area contributed by atoms with E-state index in [-0.39, 0.29) is 0 Å². The van der Waals surface area contributed by atoms with Gasteiger partial charge >= 0.3 is 0 Å². The van der Waals surface area contributed by atoms with Gasteiger partial charge in [0.25, 0.3) is 0 Å². The van der Waals surface area contributed by atoms with Crippen molar-refractivity contribution in [2.24, 2.45) is 0 Å². The third kappa shape index (κ3) is 3.09. The molecule has 4 rings (SSSR count). The topological polar surface area (TPSA) is 39.9 Å². The number of para-hydroxylation sites is 1. The van der Waals surface area contributed by atoms with Crippen molar-refractivity contribution in [2.75, 3.05) is 7.11 Å². The second kappa shape index (κ2) is 7.23. The predicted molar refractivity (Wildman–Crippen MR) is 103 cm³/mol. The van der Waals surface area contributed by atoms with Crippen LogP contribution in [0.1, 0.15) is 5.56 Å². The maximum Gasteiger partial charge on any atom is 0.128 e. The molecule has 4 nitrogen and oxygen atoms in total. The lowest BCUT2D eigenvalue weighted by molar-refractivity contribution is 0.416. The van der Waals surface area contributed by atoms with Gasteiger partial charge in [-0.25, -0.2) is 4.68 Å². The van der Waals surface area contributed by atoms with Crippen LogP contribution >= 0.6 is 0 Å². The summed E-state index contributed by atoms with van der Waals surface area (Å²) in [6.45, 7) is 0.647. The van der Waals surface area contributed by atoms with Crippen LogP contribution in [0.5, 0.6) is 5.75 Å². The largest absolute Gasteiger partial charge is 0.496 e. The molecule has 4 heteroatoms. The summed E-state index contributed by atoms with van der Waals surface area (Å²) in [5, 5.41) is 8.94. The van der Waals surface area contributed by atoms with E-state index in [1.54, 1.807) is 7.11 Å². The summed E-state index contributed by atoms with van der Waals surface area (Å²) in [6.07, 6.45) is 0. The van der Waals surface area contributed by atoms with Gasteiger partial charge < -0.3 is 4.74 Å². The Bertz CT molecular complexity index is 994. The number of rotatable bonds is 5. The molecule has 0 unspecified atom stereocenters. The normalized spacial score (nSPS) is 10.7. The summed E-state index contributed by atoms with van der Waals surface area (Å²) in [4.78, 5) is 0. The molecule has 0 saturated carbocycles. The summed E-state index contributed by atoms with van der Waals surface area (Å²) in [5.74, 6) is 0.807.